The van der Waals surface area contributed by atoms with E-state index in [1.54, 1.807) is 11.0 Å². The van der Waals surface area contributed by atoms with Crippen molar-refractivity contribution in [3.63, 3.8) is 0 Å². The number of hydrogen-bond acceptors (Lipinski definition) is 3. The molecule has 0 radical (unpaired) electrons. The number of fused-ring (bicyclic) bond motifs is 2. The van der Waals surface area contributed by atoms with Gasteiger partial charge in [0.1, 0.15) is 6.33 Å². The predicted molar refractivity (Wildman–Crippen MR) is 92.6 cm³/mol. The van der Waals surface area contributed by atoms with Gasteiger partial charge in [-0.1, -0.05) is 13.0 Å². The van der Waals surface area contributed by atoms with Gasteiger partial charge < -0.3 is 10.2 Å². The summed E-state index contributed by atoms with van der Waals surface area (Å²) in [7, 11) is 1.85. The van der Waals surface area contributed by atoms with Crippen molar-refractivity contribution in [1.29, 1.82) is 0 Å². The van der Waals surface area contributed by atoms with Gasteiger partial charge in [-0.15, -0.1) is 0 Å². The summed E-state index contributed by atoms with van der Waals surface area (Å²) >= 11 is 0. The monoisotopic (exact) mass is 325 g/mol. The number of likely N-dealkylation sites (tertiary alicyclic amines) is 1. The first kappa shape index (κ1) is 15.2. The van der Waals surface area contributed by atoms with Crippen LogP contribution in [0.2, 0.25) is 0 Å². The highest BCUT2D eigenvalue weighted by Gasteiger charge is 2.44. The van der Waals surface area contributed by atoms with Crippen molar-refractivity contribution in [2.45, 2.75) is 32.7 Å². The van der Waals surface area contributed by atoms with Gasteiger partial charge in [-0.25, -0.2) is 9.78 Å². The van der Waals surface area contributed by atoms with E-state index < -0.39 is 0 Å². The zero-order valence-corrected chi connectivity index (χ0v) is 14.4. The molecular formula is C18H23N5O. The Bertz CT molecular complexity index is 781. The molecule has 2 bridgehead atoms. The van der Waals surface area contributed by atoms with Crippen molar-refractivity contribution >= 4 is 11.7 Å². The average molecular weight is 325 g/mol. The summed E-state index contributed by atoms with van der Waals surface area (Å²) in [6, 6.07) is 6.32. The molecular weight excluding hydrogens is 302 g/mol. The van der Waals surface area contributed by atoms with Gasteiger partial charge in [0.05, 0.1) is 0 Å². The number of aryl methyl sites for hydroxylation is 2. The number of hydrogen-bond donors (Lipinski definition) is 1. The van der Waals surface area contributed by atoms with Crippen molar-refractivity contribution < 1.29 is 4.79 Å². The molecule has 0 spiro atoms. The third-order valence-corrected chi connectivity index (χ3v) is 5.49. The highest BCUT2D eigenvalue weighted by Crippen LogP contribution is 2.41. The Kier molecular flexibility index (Phi) is 3.55. The zero-order chi connectivity index (χ0) is 16.8. The van der Waals surface area contributed by atoms with Gasteiger partial charge in [0.15, 0.2) is 5.82 Å². The van der Waals surface area contributed by atoms with Crippen molar-refractivity contribution in [3.8, 4) is 11.4 Å². The summed E-state index contributed by atoms with van der Waals surface area (Å²) in [5.74, 6) is 2.10. The van der Waals surface area contributed by atoms with Crippen LogP contribution in [0.3, 0.4) is 0 Å². The molecule has 3 atom stereocenters. The second kappa shape index (κ2) is 5.61. The third-order valence-electron chi connectivity index (χ3n) is 5.49. The lowest BCUT2D eigenvalue weighted by Crippen LogP contribution is -2.42. The highest BCUT2D eigenvalue weighted by atomic mass is 16.2. The summed E-state index contributed by atoms with van der Waals surface area (Å²) in [5.41, 5.74) is 2.84. The second-order valence-corrected chi connectivity index (χ2v) is 7.22. The van der Waals surface area contributed by atoms with Gasteiger partial charge in [-0.05, 0) is 49.3 Å². The maximum absolute atomic E-state index is 12.6. The molecule has 1 aliphatic heterocycles. The van der Waals surface area contributed by atoms with Gasteiger partial charge in [-0.2, -0.15) is 5.10 Å². The third kappa shape index (κ3) is 2.56. The second-order valence-electron chi connectivity index (χ2n) is 7.22. The summed E-state index contributed by atoms with van der Waals surface area (Å²) in [6.45, 7) is 5.21. The molecule has 6 heteroatoms. The molecule has 2 fully saturated rings. The Hall–Kier alpha value is -2.37. The van der Waals surface area contributed by atoms with Crippen LogP contribution in [0.5, 0.6) is 0 Å². The van der Waals surface area contributed by atoms with Crippen LogP contribution >= 0.6 is 0 Å². The fourth-order valence-electron chi connectivity index (χ4n) is 4.06. The normalized spacial score (nSPS) is 25.3. The molecule has 24 heavy (non-hydrogen) atoms. The first-order valence-corrected chi connectivity index (χ1v) is 8.55. The molecule has 1 aliphatic carbocycles. The van der Waals surface area contributed by atoms with E-state index in [2.05, 4.69) is 22.3 Å². The van der Waals surface area contributed by atoms with E-state index in [4.69, 9.17) is 0 Å². The van der Waals surface area contributed by atoms with E-state index in [1.807, 2.05) is 37.1 Å². The fourth-order valence-corrected chi connectivity index (χ4v) is 4.06. The minimum atomic E-state index is 0.0122. The Morgan fingerprint density at radius 3 is 2.79 bits per heavy atom. The standard InChI is InChI=1S/C18H23N5O/c1-11-4-5-14(8-16(11)17-19-10-22(3)21-17)20-18(24)23-9-13-7-15(23)6-12(13)2/h4-5,8,10,12-13,15H,6-7,9H2,1-3H3,(H,20,24)/t12-,13+,15-/m1/s1. The molecule has 1 aromatic heterocycles. The number of rotatable bonds is 2. The van der Waals surface area contributed by atoms with Gasteiger partial charge in [0, 0.05) is 30.9 Å². The fraction of sp³-hybridized carbons (Fsp3) is 0.500. The summed E-state index contributed by atoms with van der Waals surface area (Å²) in [5, 5.41) is 7.41. The SMILES string of the molecule is Cc1ccc(NC(=O)N2C[C@@H]3C[C@H]2C[C@H]3C)cc1-c1ncn(C)n1. The Morgan fingerprint density at radius 2 is 2.17 bits per heavy atom. The highest BCUT2D eigenvalue weighted by molar-refractivity contribution is 5.90. The summed E-state index contributed by atoms with van der Waals surface area (Å²) in [6.07, 6.45) is 3.98. The lowest BCUT2D eigenvalue weighted by atomic mass is 9.97. The molecule has 4 rings (SSSR count). The summed E-state index contributed by atoms with van der Waals surface area (Å²) in [4.78, 5) is 18.9. The summed E-state index contributed by atoms with van der Waals surface area (Å²) < 4.78 is 1.68. The maximum Gasteiger partial charge on any atom is 0.322 e. The van der Waals surface area contributed by atoms with Crippen molar-refractivity contribution in [2.24, 2.45) is 18.9 Å². The molecule has 126 valence electrons. The number of amides is 2. The molecule has 2 amide bonds. The van der Waals surface area contributed by atoms with Crippen LogP contribution in [-0.4, -0.2) is 38.3 Å². The topological polar surface area (TPSA) is 63.1 Å². The van der Waals surface area contributed by atoms with Crippen molar-refractivity contribution in [2.75, 3.05) is 11.9 Å². The number of aromatic nitrogens is 3. The number of piperidine rings is 1. The minimum absolute atomic E-state index is 0.0122. The van der Waals surface area contributed by atoms with E-state index in [-0.39, 0.29) is 6.03 Å². The van der Waals surface area contributed by atoms with Crippen LogP contribution < -0.4 is 5.32 Å². The minimum Gasteiger partial charge on any atom is -0.321 e. The first-order valence-electron chi connectivity index (χ1n) is 8.55. The van der Waals surface area contributed by atoms with E-state index in [1.165, 1.54) is 0 Å². The number of anilines is 1. The van der Waals surface area contributed by atoms with Gasteiger partial charge in [0.2, 0.25) is 0 Å². The lowest BCUT2D eigenvalue weighted by molar-refractivity contribution is 0.181. The number of nitrogens with one attached hydrogen (secondary N) is 1. The quantitative estimate of drug-likeness (QED) is 0.923. The van der Waals surface area contributed by atoms with Crippen LogP contribution in [0.1, 0.15) is 25.3 Å². The largest absolute Gasteiger partial charge is 0.322 e. The van der Waals surface area contributed by atoms with Crippen LogP contribution in [0.15, 0.2) is 24.5 Å². The van der Waals surface area contributed by atoms with Crippen LogP contribution in [0.4, 0.5) is 10.5 Å². The van der Waals surface area contributed by atoms with Crippen LogP contribution in [0.25, 0.3) is 11.4 Å². The molecule has 2 aromatic rings. The van der Waals surface area contributed by atoms with E-state index in [0.29, 0.717) is 17.8 Å². The molecule has 1 saturated carbocycles. The van der Waals surface area contributed by atoms with Gasteiger partial charge >= 0.3 is 6.03 Å². The molecule has 2 heterocycles. The van der Waals surface area contributed by atoms with Crippen LogP contribution in [-0.2, 0) is 7.05 Å². The van der Waals surface area contributed by atoms with Crippen molar-refractivity contribution in [3.05, 3.63) is 30.1 Å². The van der Waals surface area contributed by atoms with Gasteiger partial charge in [-0.3, -0.25) is 4.68 Å². The van der Waals surface area contributed by atoms with Crippen LogP contribution in [0, 0.1) is 18.8 Å². The molecule has 1 N–H and O–H groups in total. The smallest absolute Gasteiger partial charge is 0.321 e. The van der Waals surface area contributed by atoms with E-state index in [0.717, 1.165) is 42.1 Å². The average Bonchev–Trinajstić information content (AvgIpc) is 3.24. The van der Waals surface area contributed by atoms with Gasteiger partial charge in [0.25, 0.3) is 0 Å². The number of urea groups is 1. The Labute approximate surface area is 141 Å². The molecule has 1 saturated heterocycles. The molecule has 1 aromatic carbocycles. The lowest BCUT2D eigenvalue weighted by Gasteiger charge is -2.30. The zero-order valence-electron chi connectivity index (χ0n) is 14.4. The Morgan fingerprint density at radius 1 is 1.33 bits per heavy atom. The molecule has 0 unspecified atom stereocenters. The number of carbonyl (C=O) groups is 1. The van der Waals surface area contributed by atoms with E-state index in [9.17, 15) is 4.79 Å². The Balaban J connectivity index is 1.52. The van der Waals surface area contributed by atoms with Crippen molar-refractivity contribution in [1.82, 2.24) is 19.7 Å². The molecule has 6 nitrogen and oxygen atoms in total. The first-order chi connectivity index (χ1) is 11.5. The molecule has 2 aliphatic rings. The maximum atomic E-state index is 12.6. The number of nitrogens with zero attached hydrogens (tertiary/aromatic N) is 4. The number of benzene rings is 1. The predicted octanol–water partition coefficient (Wildman–Crippen LogP) is 3.05. The number of carbonyl (C=O) groups excluding carboxylic acids is 1. The van der Waals surface area contributed by atoms with E-state index >= 15 is 0 Å².